The number of nitrogens with one attached hydrogen (secondary N) is 1. The van der Waals surface area contributed by atoms with Crippen LogP contribution in [0.2, 0.25) is 0 Å². The van der Waals surface area contributed by atoms with Crippen LogP contribution >= 0.6 is 92.2 Å². The van der Waals surface area contributed by atoms with Crippen LogP contribution in [-0.2, 0) is 9.47 Å². The molecule has 23 heavy (non-hydrogen) atoms. The lowest BCUT2D eigenvalue weighted by Crippen LogP contribution is -2.42. The van der Waals surface area contributed by atoms with E-state index in [2.05, 4.69) is 27.6 Å². The minimum Gasteiger partial charge on any atom is -0.471 e. The molecule has 0 bridgehead atoms. The lowest BCUT2D eigenvalue weighted by atomic mass is 9.98. The lowest BCUT2D eigenvalue weighted by molar-refractivity contribution is 0.0265. The van der Waals surface area contributed by atoms with E-state index in [4.69, 9.17) is 84.5 Å². The third-order valence-corrected chi connectivity index (χ3v) is 4.81. The lowest BCUT2D eigenvalue weighted by Gasteiger charge is -2.30. The molecule has 1 heterocycles. The second kappa shape index (κ2) is 8.87. The molecule has 0 aromatic rings. The second-order valence-electron chi connectivity index (χ2n) is 5.35. The maximum atomic E-state index is 7.78. The Bertz CT molecular complexity index is 463. The van der Waals surface area contributed by atoms with E-state index in [1.54, 1.807) is 0 Å². The molecule has 1 rings (SSSR count). The van der Waals surface area contributed by atoms with E-state index in [0.29, 0.717) is 10.8 Å². The first-order valence-electron chi connectivity index (χ1n) is 6.56. The predicted molar refractivity (Wildman–Crippen MR) is 108 cm³/mol. The number of hydrogen-bond donors (Lipinski definition) is 1. The molecule has 1 aliphatic heterocycles. The number of nitrogens with zero attached hydrogens (tertiary/aromatic N) is 1. The summed E-state index contributed by atoms with van der Waals surface area (Å²) in [6.07, 6.45) is -0.539. The summed E-state index contributed by atoms with van der Waals surface area (Å²) in [4.78, 5) is 4.30. The van der Waals surface area contributed by atoms with Gasteiger partial charge < -0.3 is 9.47 Å². The zero-order chi connectivity index (χ0) is 18.0. The summed E-state index contributed by atoms with van der Waals surface area (Å²) in [5.41, 5.74) is 0. The number of rotatable bonds is 5. The highest BCUT2D eigenvalue weighted by atomic mass is 127. The SMILES string of the molecule is CC(C)C[C@H](OC(=N)C(Cl)(Cl)Cl)[C@@H]1OC(C(Cl)(Cl)Cl)=N[C@H]1CI. The topological polar surface area (TPSA) is 54.7 Å². The number of halogens is 7. The quantitative estimate of drug-likeness (QED) is 0.203. The normalized spacial score (nSPS) is 23.5. The van der Waals surface area contributed by atoms with Crippen molar-refractivity contribution in [2.45, 2.75) is 46.1 Å². The molecular formula is C12H15Cl6IN2O2. The molecule has 11 heteroatoms. The van der Waals surface area contributed by atoms with Crippen molar-refractivity contribution in [2.75, 3.05) is 4.43 Å². The second-order valence-corrected chi connectivity index (χ2v) is 10.8. The molecule has 0 unspecified atom stereocenters. The van der Waals surface area contributed by atoms with Gasteiger partial charge in [-0.05, 0) is 12.3 Å². The van der Waals surface area contributed by atoms with Gasteiger partial charge in [0.15, 0.2) is 6.10 Å². The summed E-state index contributed by atoms with van der Waals surface area (Å²) in [5.74, 6) is -0.225. The van der Waals surface area contributed by atoms with Crippen molar-refractivity contribution in [1.82, 2.24) is 0 Å². The van der Waals surface area contributed by atoms with Crippen LogP contribution in [0.3, 0.4) is 0 Å². The van der Waals surface area contributed by atoms with Crippen LogP contribution in [0.5, 0.6) is 0 Å². The molecule has 0 radical (unpaired) electrons. The van der Waals surface area contributed by atoms with Crippen LogP contribution < -0.4 is 0 Å². The summed E-state index contributed by atoms with van der Waals surface area (Å²) < 4.78 is 8.17. The fourth-order valence-electron chi connectivity index (χ4n) is 1.98. The van der Waals surface area contributed by atoms with Gasteiger partial charge in [-0.1, -0.05) is 106 Å². The first kappa shape index (κ1) is 22.5. The molecule has 134 valence electrons. The molecule has 3 atom stereocenters. The highest BCUT2D eigenvalue weighted by Gasteiger charge is 2.45. The van der Waals surface area contributed by atoms with Crippen LogP contribution in [0.15, 0.2) is 4.99 Å². The molecule has 0 aromatic heterocycles. The molecule has 0 amide bonds. The zero-order valence-electron chi connectivity index (χ0n) is 12.1. The van der Waals surface area contributed by atoms with E-state index in [9.17, 15) is 0 Å². The summed E-state index contributed by atoms with van der Waals surface area (Å²) >= 11 is 36.8. The van der Waals surface area contributed by atoms with E-state index in [1.165, 1.54) is 0 Å². The van der Waals surface area contributed by atoms with Crippen molar-refractivity contribution in [2.24, 2.45) is 10.9 Å². The molecule has 0 fully saturated rings. The van der Waals surface area contributed by atoms with Crippen LogP contribution in [0.1, 0.15) is 20.3 Å². The van der Waals surface area contributed by atoms with E-state index in [-0.39, 0.29) is 17.9 Å². The molecule has 0 saturated heterocycles. The van der Waals surface area contributed by atoms with E-state index < -0.39 is 25.7 Å². The highest BCUT2D eigenvalue weighted by molar-refractivity contribution is 14.1. The Morgan fingerprint density at radius 2 is 1.87 bits per heavy atom. The van der Waals surface area contributed by atoms with Crippen molar-refractivity contribution in [3.63, 3.8) is 0 Å². The van der Waals surface area contributed by atoms with Gasteiger partial charge in [0.1, 0.15) is 12.1 Å². The van der Waals surface area contributed by atoms with Crippen molar-refractivity contribution in [3.05, 3.63) is 0 Å². The van der Waals surface area contributed by atoms with Crippen LogP contribution in [0.25, 0.3) is 0 Å². The molecule has 1 aliphatic rings. The molecule has 1 N–H and O–H groups in total. The van der Waals surface area contributed by atoms with Gasteiger partial charge in [-0.2, -0.15) is 0 Å². The summed E-state index contributed by atoms with van der Waals surface area (Å²) in [6.45, 7) is 4.00. The average Bonchev–Trinajstić information content (AvgIpc) is 2.79. The predicted octanol–water partition coefficient (Wildman–Crippen LogP) is 5.74. The minimum atomic E-state index is -1.95. The van der Waals surface area contributed by atoms with Gasteiger partial charge >= 0.3 is 0 Å². The van der Waals surface area contributed by atoms with Crippen LogP contribution in [0, 0.1) is 11.3 Å². The van der Waals surface area contributed by atoms with Gasteiger partial charge in [0.25, 0.3) is 7.59 Å². The molecule has 0 spiro atoms. The summed E-state index contributed by atoms with van der Waals surface area (Å²) in [5, 5.41) is 7.78. The maximum Gasteiger partial charge on any atom is 0.266 e. The fourth-order valence-corrected chi connectivity index (χ4v) is 3.09. The van der Waals surface area contributed by atoms with E-state index >= 15 is 0 Å². The molecule has 0 saturated carbocycles. The Labute approximate surface area is 179 Å². The van der Waals surface area contributed by atoms with Crippen molar-refractivity contribution >= 4 is 104 Å². The number of aliphatic imine (C=N–C) groups is 1. The van der Waals surface area contributed by atoms with Crippen molar-refractivity contribution < 1.29 is 9.47 Å². The van der Waals surface area contributed by atoms with Gasteiger partial charge in [-0.15, -0.1) is 0 Å². The van der Waals surface area contributed by atoms with E-state index in [1.807, 2.05) is 13.8 Å². The largest absolute Gasteiger partial charge is 0.471 e. The van der Waals surface area contributed by atoms with Gasteiger partial charge in [0.05, 0.1) is 0 Å². The van der Waals surface area contributed by atoms with Crippen LogP contribution in [-0.4, -0.2) is 42.1 Å². The number of ether oxygens (including phenoxy) is 2. The first-order valence-corrected chi connectivity index (χ1v) is 10.4. The van der Waals surface area contributed by atoms with E-state index in [0.717, 1.165) is 0 Å². The molecule has 4 nitrogen and oxygen atoms in total. The van der Waals surface area contributed by atoms with Gasteiger partial charge in [-0.25, -0.2) is 4.99 Å². The Hall–Kier alpha value is 1.41. The number of hydrogen-bond acceptors (Lipinski definition) is 4. The summed E-state index contributed by atoms with van der Waals surface area (Å²) in [7, 11) is 0. The highest BCUT2D eigenvalue weighted by Crippen LogP contribution is 2.36. The Morgan fingerprint density at radius 3 is 2.26 bits per heavy atom. The minimum absolute atomic E-state index is 0.00642. The fraction of sp³-hybridized carbons (Fsp3) is 0.833. The molecule has 0 aromatic carbocycles. The third-order valence-electron chi connectivity index (χ3n) is 2.91. The van der Waals surface area contributed by atoms with Crippen molar-refractivity contribution in [3.8, 4) is 0 Å². The monoisotopic (exact) mass is 556 g/mol. The number of alkyl halides is 7. The Balaban J connectivity index is 2.97. The van der Waals surface area contributed by atoms with Crippen LogP contribution in [0.4, 0.5) is 0 Å². The molecular weight excluding hydrogens is 544 g/mol. The summed E-state index contributed by atoms with van der Waals surface area (Å²) in [6, 6.07) is -0.284. The van der Waals surface area contributed by atoms with Gasteiger partial charge in [0, 0.05) is 4.43 Å². The first-order chi connectivity index (χ1) is 10.4. The Kier molecular flexibility index (Phi) is 8.66. The van der Waals surface area contributed by atoms with Gasteiger partial charge in [0.2, 0.25) is 11.8 Å². The maximum absolute atomic E-state index is 7.78. The average molecular weight is 559 g/mol. The Morgan fingerprint density at radius 1 is 1.30 bits per heavy atom. The van der Waals surface area contributed by atoms with Gasteiger partial charge in [-0.3, -0.25) is 5.41 Å². The standard InChI is InChI=1S/C12H15Cl6IN2O2/c1-5(2)3-7(22-9(20)11(13,14)15)8-6(4-19)21-10(23-8)12(16,17)18/h5-8,20H,3-4H2,1-2H3/t6-,7-,8+/m0/s1. The third kappa shape index (κ3) is 6.91. The zero-order valence-corrected chi connectivity index (χ0v) is 18.8. The molecule has 0 aliphatic carbocycles. The van der Waals surface area contributed by atoms with Crippen molar-refractivity contribution in [1.29, 1.82) is 5.41 Å². The smallest absolute Gasteiger partial charge is 0.266 e.